The van der Waals surface area contributed by atoms with Gasteiger partial charge in [-0.3, -0.25) is 0 Å². The Morgan fingerprint density at radius 3 is 2.83 bits per heavy atom. The summed E-state index contributed by atoms with van der Waals surface area (Å²) in [5.74, 6) is 0.477. The zero-order valence-electron chi connectivity index (χ0n) is 14.2. The van der Waals surface area contributed by atoms with Gasteiger partial charge < -0.3 is 10.2 Å². The standard InChI is InChI=1S/C20H25ClN2/c1-4-19(14(2)3)22-17-9-10-18(21)20(11-17)23-12-15-7-5-6-8-16(15)13-23/h4-5,7,9-11,14,22H,6,8,12-13H2,1-3H3/b19-4-. The van der Waals surface area contributed by atoms with Gasteiger partial charge in [-0.15, -0.1) is 0 Å². The lowest BCUT2D eigenvalue weighted by Crippen LogP contribution is -2.21. The molecule has 1 N–H and O–H groups in total. The van der Waals surface area contributed by atoms with E-state index in [1.54, 1.807) is 5.57 Å². The first-order valence-corrected chi connectivity index (χ1v) is 8.81. The second-order valence-corrected chi connectivity index (χ2v) is 7.02. The molecule has 23 heavy (non-hydrogen) atoms. The summed E-state index contributed by atoms with van der Waals surface area (Å²) in [6.45, 7) is 8.44. The van der Waals surface area contributed by atoms with E-state index in [-0.39, 0.29) is 0 Å². The predicted octanol–water partition coefficient (Wildman–Crippen LogP) is 5.78. The van der Waals surface area contributed by atoms with Gasteiger partial charge in [-0.1, -0.05) is 43.7 Å². The van der Waals surface area contributed by atoms with Crippen molar-refractivity contribution in [2.24, 2.45) is 5.92 Å². The van der Waals surface area contributed by atoms with Crippen molar-refractivity contribution in [1.82, 2.24) is 0 Å². The van der Waals surface area contributed by atoms with Gasteiger partial charge in [-0.25, -0.2) is 0 Å². The third-order valence-corrected chi connectivity index (χ3v) is 4.96. The Bertz CT molecular complexity index is 683. The number of benzene rings is 1. The fourth-order valence-electron chi connectivity index (χ4n) is 3.32. The maximum Gasteiger partial charge on any atom is 0.0641 e. The van der Waals surface area contributed by atoms with Gasteiger partial charge in [0.25, 0.3) is 0 Å². The van der Waals surface area contributed by atoms with E-state index in [2.05, 4.69) is 61.3 Å². The molecule has 0 atom stereocenters. The zero-order valence-corrected chi connectivity index (χ0v) is 15.0. The quantitative estimate of drug-likeness (QED) is 0.753. The molecule has 3 heteroatoms. The van der Waals surface area contributed by atoms with Crippen LogP contribution in [0.4, 0.5) is 11.4 Å². The lowest BCUT2D eigenvalue weighted by molar-refractivity contribution is 0.772. The van der Waals surface area contributed by atoms with Crippen molar-refractivity contribution in [2.75, 3.05) is 23.3 Å². The minimum absolute atomic E-state index is 0.477. The summed E-state index contributed by atoms with van der Waals surface area (Å²) in [5.41, 5.74) is 6.51. The molecule has 2 nitrogen and oxygen atoms in total. The van der Waals surface area contributed by atoms with E-state index < -0.39 is 0 Å². The average molecular weight is 329 g/mol. The molecule has 1 heterocycles. The van der Waals surface area contributed by atoms with Crippen LogP contribution in [0.15, 0.2) is 53.3 Å². The molecule has 0 bridgehead atoms. The van der Waals surface area contributed by atoms with Crippen molar-refractivity contribution < 1.29 is 0 Å². The van der Waals surface area contributed by atoms with Crippen LogP contribution in [-0.4, -0.2) is 13.1 Å². The van der Waals surface area contributed by atoms with Crippen LogP contribution in [0.3, 0.4) is 0 Å². The van der Waals surface area contributed by atoms with Crippen LogP contribution in [-0.2, 0) is 0 Å². The molecule has 3 rings (SSSR count). The molecule has 0 amide bonds. The highest BCUT2D eigenvalue weighted by atomic mass is 35.5. The third kappa shape index (κ3) is 3.48. The number of rotatable bonds is 4. The molecule has 0 spiro atoms. The predicted molar refractivity (Wildman–Crippen MR) is 101 cm³/mol. The molecular weight excluding hydrogens is 304 g/mol. The molecule has 1 aliphatic carbocycles. The van der Waals surface area contributed by atoms with Gasteiger partial charge in [0, 0.05) is 24.5 Å². The van der Waals surface area contributed by atoms with E-state index in [1.807, 2.05) is 6.07 Å². The molecule has 2 aliphatic rings. The zero-order chi connectivity index (χ0) is 16.4. The Morgan fingerprint density at radius 1 is 1.30 bits per heavy atom. The van der Waals surface area contributed by atoms with Crippen LogP contribution in [0.1, 0.15) is 33.6 Å². The summed E-state index contributed by atoms with van der Waals surface area (Å²) < 4.78 is 0. The highest BCUT2D eigenvalue weighted by Gasteiger charge is 2.23. The summed E-state index contributed by atoms with van der Waals surface area (Å²) >= 11 is 6.49. The average Bonchev–Trinajstić information content (AvgIpc) is 2.97. The van der Waals surface area contributed by atoms with Gasteiger partial charge in [0.05, 0.1) is 10.7 Å². The lowest BCUT2D eigenvalue weighted by Gasteiger charge is -2.22. The van der Waals surface area contributed by atoms with Gasteiger partial charge in [-0.05, 0) is 55.0 Å². The van der Waals surface area contributed by atoms with Crippen LogP contribution >= 0.6 is 11.6 Å². The summed E-state index contributed by atoms with van der Waals surface area (Å²) in [5, 5.41) is 4.36. The molecule has 0 unspecified atom stereocenters. The van der Waals surface area contributed by atoms with Crippen LogP contribution < -0.4 is 10.2 Å². The van der Waals surface area contributed by atoms with Gasteiger partial charge >= 0.3 is 0 Å². The van der Waals surface area contributed by atoms with Crippen molar-refractivity contribution in [3.63, 3.8) is 0 Å². The number of hydrogen-bond acceptors (Lipinski definition) is 2. The van der Waals surface area contributed by atoms with E-state index in [4.69, 9.17) is 11.6 Å². The molecule has 1 aromatic carbocycles. The number of nitrogens with one attached hydrogen (secondary N) is 1. The van der Waals surface area contributed by atoms with Crippen LogP contribution in [0.25, 0.3) is 0 Å². The molecule has 122 valence electrons. The van der Waals surface area contributed by atoms with E-state index in [1.165, 1.54) is 24.1 Å². The minimum Gasteiger partial charge on any atom is -0.362 e. The summed E-state index contributed by atoms with van der Waals surface area (Å²) in [7, 11) is 0. The molecule has 0 aromatic heterocycles. The van der Waals surface area contributed by atoms with Gasteiger partial charge in [0.1, 0.15) is 0 Å². The summed E-state index contributed by atoms with van der Waals surface area (Å²) in [6, 6.07) is 6.23. The number of hydrogen-bond donors (Lipinski definition) is 1. The van der Waals surface area contributed by atoms with Crippen molar-refractivity contribution in [1.29, 1.82) is 0 Å². The largest absolute Gasteiger partial charge is 0.362 e. The number of nitrogens with zero attached hydrogens (tertiary/aromatic N) is 1. The highest BCUT2D eigenvalue weighted by molar-refractivity contribution is 6.33. The Labute approximate surface area is 144 Å². The van der Waals surface area contributed by atoms with Crippen molar-refractivity contribution in [3.05, 3.63) is 58.3 Å². The molecule has 0 saturated carbocycles. The first-order chi connectivity index (χ1) is 11.1. The number of allylic oxidation sites excluding steroid dienone is 3. The van der Waals surface area contributed by atoms with E-state index in [9.17, 15) is 0 Å². The van der Waals surface area contributed by atoms with Crippen molar-refractivity contribution in [2.45, 2.75) is 33.6 Å². The minimum atomic E-state index is 0.477. The number of anilines is 2. The Balaban J connectivity index is 1.81. The van der Waals surface area contributed by atoms with Crippen molar-refractivity contribution >= 4 is 23.0 Å². The van der Waals surface area contributed by atoms with Crippen molar-refractivity contribution in [3.8, 4) is 0 Å². The molecule has 0 radical (unpaired) electrons. The van der Waals surface area contributed by atoms with Crippen LogP contribution in [0.2, 0.25) is 5.02 Å². The van der Waals surface area contributed by atoms with E-state index in [0.29, 0.717) is 5.92 Å². The maximum absolute atomic E-state index is 6.49. The maximum atomic E-state index is 6.49. The molecule has 0 fully saturated rings. The Hall–Kier alpha value is -1.67. The normalized spacial score (nSPS) is 18.0. The van der Waals surface area contributed by atoms with Crippen LogP contribution in [0, 0.1) is 5.92 Å². The lowest BCUT2D eigenvalue weighted by atomic mass is 10.0. The van der Waals surface area contributed by atoms with E-state index in [0.717, 1.165) is 29.5 Å². The van der Waals surface area contributed by atoms with Gasteiger partial charge in [-0.2, -0.15) is 0 Å². The van der Waals surface area contributed by atoms with Gasteiger partial charge in [0.2, 0.25) is 0 Å². The van der Waals surface area contributed by atoms with Crippen LogP contribution in [0.5, 0.6) is 0 Å². The first-order valence-electron chi connectivity index (χ1n) is 8.43. The first kappa shape index (κ1) is 16.2. The smallest absolute Gasteiger partial charge is 0.0641 e. The summed E-state index contributed by atoms with van der Waals surface area (Å²) in [4.78, 5) is 2.39. The molecule has 1 aliphatic heterocycles. The molecule has 0 saturated heterocycles. The second-order valence-electron chi connectivity index (χ2n) is 6.62. The van der Waals surface area contributed by atoms with Gasteiger partial charge in [0.15, 0.2) is 0 Å². The molecule has 1 aromatic rings. The third-order valence-electron chi connectivity index (χ3n) is 4.64. The number of halogens is 1. The Morgan fingerprint density at radius 2 is 2.13 bits per heavy atom. The van der Waals surface area contributed by atoms with E-state index >= 15 is 0 Å². The SMILES string of the molecule is C/C=C(\Nc1ccc(Cl)c(N2CC3=C(CCC=C3)C2)c1)C(C)C. The topological polar surface area (TPSA) is 15.3 Å². The monoisotopic (exact) mass is 328 g/mol. The second kappa shape index (κ2) is 6.84. The highest BCUT2D eigenvalue weighted by Crippen LogP contribution is 2.36. The fourth-order valence-corrected chi connectivity index (χ4v) is 3.56. The fraction of sp³-hybridized carbons (Fsp3) is 0.400. The summed E-state index contributed by atoms with van der Waals surface area (Å²) in [6.07, 6.45) is 9.06. The molecular formula is C20H25ClN2. The Kier molecular flexibility index (Phi) is 4.82.